The third kappa shape index (κ3) is 4.68. The first-order valence-corrected chi connectivity index (χ1v) is 5.63. The molecule has 92 valence electrons. The third-order valence-electron chi connectivity index (χ3n) is 2.00. The minimum atomic E-state index is -0.776. The lowest BCUT2D eigenvalue weighted by Crippen LogP contribution is -2.12. The van der Waals surface area contributed by atoms with E-state index < -0.39 is 6.16 Å². The Kier molecular flexibility index (Phi) is 5.20. The molecule has 1 rings (SSSR count). The summed E-state index contributed by atoms with van der Waals surface area (Å²) in [6.07, 6.45) is -0.305. The second-order valence-electron chi connectivity index (χ2n) is 3.77. The number of rotatable bonds is 4. The van der Waals surface area contributed by atoms with Crippen LogP contribution in [-0.4, -0.2) is 18.0 Å². The SMILES string of the molecule is CC/C(=N\OC(=O)OC(C)C)c1ccccc1. The number of carbonyl (C=O) groups excluding carboxylic acids is 1. The van der Waals surface area contributed by atoms with Crippen molar-refractivity contribution in [3.8, 4) is 0 Å². The molecule has 0 saturated heterocycles. The zero-order valence-corrected chi connectivity index (χ0v) is 10.3. The van der Waals surface area contributed by atoms with Crippen molar-refractivity contribution in [3.05, 3.63) is 35.9 Å². The van der Waals surface area contributed by atoms with Gasteiger partial charge in [-0.25, -0.2) is 4.79 Å². The molecule has 17 heavy (non-hydrogen) atoms. The number of benzene rings is 1. The molecule has 0 aliphatic rings. The second kappa shape index (κ2) is 6.68. The summed E-state index contributed by atoms with van der Waals surface area (Å²) in [5, 5.41) is 3.81. The Bertz CT molecular complexity index is 385. The monoisotopic (exact) mass is 235 g/mol. The fourth-order valence-electron chi connectivity index (χ4n) is 1.26. The first-order chi connectivity index (χ1) is 8.13. The van der Waals surface area contributed by atoms with Crippen LogP contribution in [0.25, 0.3) is 0 Å². The van der Waals surface area contributed by atoms with E-state index in [1.807, 2.05) is 37.3 Å². The predicted molar refractivity (Wildman–Crippen MR) is 66.0 cm³/mol. The molecular formula is C13H17NO3. The van der Waals surface area contributed by atoms with Gasteiger partial charge in [0, 0.05) is 0 Å². The lowest BCUT2D eigenvalue weighted by Gasteiger charge is -2.06. The topological polar surface area (TPSA) is 47.9 Å². The zero-order chi connectivity index (χ0) is 12.7. The van der Waals surface area contributed by atoms with E-state index in [1.165, 1.54) is 0 Å². The Morgan fingerprint density at radius 1 is 1.29 bits per heavy atom. The van der Waals surface area contributed by atoms with Gasteiger partial charge in [0.1, 0.15) is 0 Å². The van der Waals surface area contributed by atoms with Gasteiger partial charge in [0.05, 0.1) is 11.8 Å². The van der Waals surface area contributed by atoms with Crippen LogP contribution in [0.5, 0.6) is 0 Å². The molecule has 1 aromatic rings. The second-order valence-corrected chi connectivity index (χ2v) is 3.77. The quantitative estimate of drug-likeness (QED) is 0.348. The van der Waals surface area contributed by atoms with Crippen molar-refractivity contribution < 1.29 is 14.4 Å². The number of hydrogen-bond donors (Lipinski definition) is 0. The summed E-state index contributed by atoms with van der Waals surface area (Å²) in [6, 6.07) is 9.57. The highest BCUT2D eigenvalue weighted by molar-refractivity contribution is 6.00. The van der Waals surface area contributed by atoms with E-state index in [4.69, 9.17) is 4.74 Å². The van der Waals surface area contributed by atoms with Gasteiger partial charge in [-0.15, -0.1) is 0 Å². The van der Waals surface area contributed by atoms with Crippen molar-refractivity contribution in [2.24, 2.45) is 5.16 Å². The van der Waals surface area contributed by atoms with Gasteiger partial charge in [0.25, 0.3) is 0 Å². The van der Waals surface area contributed by atoms with Gasteiger partial charge in [0.2, 0.25) is 0 Å². The Labute approximate surface area is 101 Å². The van der Waals surface area contributed by atoms with Gasteiger partial charge < -0.3 is 4.74 Å². The van der Waals surface area contributed by atoms with Crippen LogP contribution >= 0.6 is 0 Å². The maximum Gasteiger partial charge on any atom is 0.535 e. The summed E-state index contributed by atoms with van der Waals surface area (Å²) >= 11 is 0. The van der Waals surface area contributed by atoms with Crippen LogP contribution in [-0.2, 0) is 9.57 Å². The van der Waals surface area contributed by atoms with Crippen LogP contribution in [0.3, 0.4) is 0 Å². The minimum absolute atomic E-state index is 0.209. The van der Waals surface area contributed by atoms with Gasteiger partial charge in [-0.05, 0) is 25.8 Å². The molecule has 0 saturated carbocycles. The number of oxime groups is 1. The van der Waals surface area contributed by atoms with Crippen molar-refractivity contribution in [1.82, 2.24) is 0 Å². The molecule has 4 heteroatoms. The molecule has 0 radical (unpaired) electrons. The molecule has 0 spiro atoms. The van der Waals surface area contributed by atoms with Crippen molar-refractivity contribution in [1.29, 1.82) is 0 Å². The molecule has 0 unspecified atom stereocenters. The summed E-state index contributed by atoms with van der Waals surface area (Å²) in [4.78, 5) is 15.8. The fraction of sp³-hybridized carbons (Fsp3) is 0.385. The number of hydrogen-bond acceptors (Lipinski definition) is 4. The third-order valence-corrected chi connectivity index (χ3v) is 2.00. The van der Waals surface area contributed by atoms with Crippen molar-refractivity contribution in [2.45, 2.75) is 33.3 Å². The van der Waals surface area contributed by atoms with Crippen LogP contribution < -0.4 is 0 Å². The molecule has 1 aromatic carbocycles. The highest BCUT2D eigenvalue weighted by Gasteiger charge is 2.07. The summed E-state index contributed by atoms with van der Waals surface area (Å²) in [5.41, 5.74) is 1.65. The molecule has 0 bridgehead atoms. The molecule has 4 nitrogen and oxygen atoms in total. The standard InChI is InChI=1S/C13H17NO3/c1-4-12(11-8-6-5-7-9-11)14-17-13(15)16-10(2)3/h5-10H,4H2,1-3H3/b14-12+. The van der Waals surface area contributed by atoms with E-state index >= 15 is 0 Å². The molecule has 0 aromatic heterocycles. The largest absolute Gasteiger partial charge is 0.535 e. The maximum atomic E-state index is 11.2. The maximum absolute atomic E-state index is 11.2. The van der Waals surface area contributed by atoms with E-state index in [2.05, 4.69) is 9.99 Å². The lowest BCUT2D eigenvalue weighted by atomic mass is 10.1. The highest BCUT2D eigenvalue weighted by Crippen LogP contribution is 2.05. The first kappa shape index (κ1) is 13.2. The van der Waals surface area contributed by atoms with Crippen LogP contribution in [0.15, 0.2) is 35.5 Å². The molecule has 0 aliphatic heterocycles. The highest BCUT2D eigenvalue weighted by atomic mass is 16.8. The average molecular weight is 235 g/mol. The lowest BCUT2D eigenvalue weighted by molar-refractivity contribution is 0.0362. The van der Waals surface area contributed by atoms with Crippen molar-refractivity contribution in [2.75, 3.05) is 0 Å². The summed E-state index contributed by atoms with van der Waals surface area (Å²) in [5.74, 6) is 0. The fourth-order valence-corrected chi connectivity index (χ4v) is 1.26. The molecule has 0 fully saturated rings. The Morgan fingerprint density at radius 2 is 1.94 bits per heavy atom. The van der Waals surface area contributed by atoms with Crippen LogP contribution in [0.4, 0.5) is 4.79 Å². The number of ether oxygens (including phenoxy) is 1. The Balaban J connectivity index is 2.65. The molecule has 0 N–H and O–H groups in total. The van der Waals surface area contributed by atoms with E-state index in [0.29, 0.717) is 12.1 Å². The predicted octanol–water partition coefficient (Wildman–Crippen LogP) is 3.36. The number of carbonyl (C=O) groups is 1. The van der Waals surface area contributed by atoms with Gasteiger partial charge in [-0.1, -0.05) is 42.4 Å². The van der Waals surface area contributed by atoms with Gasteiger partial charge in [0.15, 0.2) is 0 Å². The molecule has 0 heterocycles. The van der Waals surface area contributed by atoms with E-state index in [9.17, 15) is 4.79 Å². The van der Waals surface area contributed by atoms with Crippen molar-refractivity contribution in [3.63, 3.8) is 0 Å². The molecule has 0 atom stereocenters. The van der Waals surface area contributed by atoms with E-state index in [0.717, 1.165) is 5.56 Å². The molecular weight excluding hydrogens is 218 g/mol. The van der Waals surface area contributed by atoms with Gasteiger partial charge in [-0.3, -0.25) is 4.84 Å². The van der Waals surface area contributed by atoms with E-state index in [-0.39, 0.29) is 6.10 Å². The van der Waals surface area contributed by atoms with Crippen molar-refractivity contribution >= 4 is 11.9 Å². The van der Waals surface area contributed by atoms with Crippen LogP contribution in [0.2, 0.25) is 0 Å². The Morgan fingerprint density at radius 3 is 2.47 bits per heavy atom. The smallest absolute Gasteiger partial charge is 0.430 e. The van der Waals surface area contributed by atoms with E-state index in [1.54, 1.807) is 13.8 Å². The normalized spacial score (nSPS) is 11.4. The summed E-state index contributed by atoms with van der Waals surface area (Å²) in [7, 11) is 0. The number of nitrogens with zero attached hydrogens (tertiary/aromatic N) is 1. The zero-order valence-electron chi connectivity index (χ0n) is 10.3. The van der Waals surface area contributed by atoms with Crippen LogP contribution in [0, 0.1) is 0 Å². The summed E-state index contributed by atoms with van der Waals surface area (Å²) < 4.78 is 4.81. The minimum Gasteiger partial charge on any atom is -0.430 e. The first-order valence-electron chi connectivity index (χ1n) is 5.63. The van der Waals surface area contributed by atoms with Gasteiger partial charge >= 0.3 is 6.16 Å². The van der Waals surface area contributed by atoms with Gasteiger partial charge in [-0.2, -0.15) is 0 Å². The summed E-state index contributed by atoms with van der Waals surface area (Å²) in [6.45, 7) is 5.45. The van der Waals surface area contributed by atoms with Crippen LogP contribution in [0.1, 0.15) is 32.8 Å². The Hall–Kier alpha value is -1.84. The molecule has 0 aliphatic carbocycles. The molecule has 0 amide bonds. The average Bonchev–Trinajstić information content (AvgIpc) is 2.30.